The molecule has 4 nitrogen and oxygen atoms in total. The van der Waals surface area contributed by atoms with Crippen molar-refractivity contribution in [2.45, 2.75) is 31.7 Å². The highest BCUT2D eigenvalue weighted by Crippen LogP contribution is 2.52. The molecule has 1 aliphatic heterocycles. The zero-order valence-corrected chi connectivity index (χ0v) is 21.0. The Hall–Kier alpha value is -4.31. The standard InChI is InChI=1S/C33H29NO3/c1-24(26-20-18-25(23-35)19-21-26)32(2)22-30(36)34(31(32)37)33(27-12-6-3-7-13-27,28-14-8-4-9-15-28)29-16-10-5-11-17-29/h3-21,23-24H,22H2,1-2H3/t24-,32+/m1/s1. The lowest BCUT2D eigenvalue weighted by Crippen LogP contribution is -2.52. The fourth-order valence-corrected chi connectivity index (χ4v) is 5.67. The second-order valence-corrected chi connectivity index (χ2v) is 9.94. The van der Waals surface area contributed by atoms with E-state index in [1.807, 2.05) is 117 Å². The first-order valence-electron chi connectivity index (χ1n) is 12.5. The van der Waals surface area contributed by atoms with E-state index >= 15 is 0 Å². The summed E-state index contributed by atoms with van der Waals surface area (Å²) in [6, 6.07) is 36.6. The highest BCUT2D eigenvalue weighted by Gasteiger charge is 2.59. The van der Waals surface area contributed by atoms with Crippen LogP contribution in [0.25, 0.3) is 0 Å². The number of amides is 2. The molecule has 4 aromatic carbocycles. The SMILES string of the molecule is C[C@H](c1ccc(C=O)cc1)[C@]1(C)CC(=O)N(C(c2ccccc2)(c2ccccc2)c2ccccc2)C1=O. The van der Waals surface area contributed by atoms with Crippen molar-refractivity contribution in [1.82, 2.24) is 4.90 Å². The van der Waals surface area contributed by atoms with Crippen LogP contribution < -0.4 is 0 Å². The molecule has 0 spiro atoms. The molecule has 0 radical (unpaired) electrons. The Kier molecular flexibility index (Phi) is 6.34. The van der Waals surface area contributed by atoms with E-state index in [-0.39, 0.29) is 24.2 Å². The van der Waals surface area contributed by atoms with Crippen LogP contribution in [0.1, 0.15) is 58.8 Å². The topological polar surface area (TPSA) is 54.5 Å². The number of nitrogens with zero attached hydrogens (tertiary/aromatic N) is 1. The van der Waals surface area contributed by atoms with Crippen LogP contribution in [0.3, 0.4) is 0 Å². The molecular weight excluding hydrogens is 458 g/mol. The molecule has 0 N–H and O–H groups in total. The number of aldehydes is 1. The van der Waals surface area contributed by atoms with Gasteiger partial charge in [-0.1, -0.05) is 122 Å². The molecule has 0 bridgehead atoms. The molecule has 0 saturated carbocycles. The van der Waals surface area contributed by atoms with Gasteiger partial charge in [0.05, 0.1) is 5.41 Å². The summed E-state index contributed by atoms with van der Waals surface area (Å²) < 4.78 is 0. The Morgan fingerprint density at radius 3 is 1.57 bits per heavy atom. The minimum Gasteiger partial charge on any atom is -0.298 e. The van der Waals surface area contributed by atoms with Crippen LogP contribution >= 0.6 is 0 Å². The van der Waals surface area contributed by atoms with Crippen molar-refractivity contribution in [3.05, 3.63) is 143 Å². The van der Waals surface area contributed by atoms with Crippen LogP contribution in [0.15, 0.2) is 115 Å². The normalized spacial score (nSPS) is 18.6. The molecule has 0 aliphatic carbocycles. The van der Waals surface area contributed by atoms with E-state index in [4.69, 9.17) is 0 Å². The van der Waals surface area contributed by atoms with Crippen molar-refractivity contribution in [3.63, 3.8) is 0 Å². The lowest BCUT2D eigenvalue weighted by Gasteiger charge is -2.43. The molecule has 5 rings (SSSR count). The minimum absolute atomic E-state index is 0.0939. The largest absolute Gasteiger partial charge is 0.298 e. The van der Waals surface area contributed by atoms with E-state index in [1.54, 1.807) is 12.1 Å². The summed E-state index contributed by atoms with van der Waals surface area (Å²) in [5.41, 5.74) is 1.96. The van der Waals surface area contributed by atoms with Gasteiger partial charge in [-0.15, -0.1) is 0 Å². The molecule has 37 heavy (non-hydrogen) atoms. The summed E-state index contributed by atoms with van der Waals surface area (Å²) in [7, 11) is 0. The Bertz CT molecular complexity index is 1320. The molecule has 0 unspecified atom stereocenters. The number of benzene rings is 4. The number of rotatable bonds is 7. The Labute approximate surface area is 217 Å². The summed E-state index contributed by atoms with van der Waals surface area (Å²) in [6.07, 6.45) is 0.896. The van der Waals surface area contributed by atoms with Gasteiger partial charge in [0.25, 0.3) is 0 Å². The molecule has 1 fully saturated rings. The molecule has 0 aromatic heterocycles. The van der Waals surface area contributed by atoms with Gasteiger partial charge in [0.15, 0.2) is 0 Å². The Balaban J connectivity index is 1.72. The van der Waals surface area contributed by atoms with E-state index < -0.39 is 11.0 Å². The summed E-state index contributed by atoms with van der Waals surface area (Å²) >= 11 is 0. The molecular formula is C33H29NO3. The lowest BCUT2D eigenvalue weighted by molar-refractivity contribution is -0.146. The third kappa shape index (κ3) is 3.89. The van der Waals surface area contributed by atoms with Crippen LogP contribution in [-0.2, 0) is 15.1 Å². The predicted molar refractivity (Wildman–Crippen MR) is 144 cm³/mol. The lowest BCUT2D eigenvalue weighted by atomic mass is 9.72. The number of hydrogen-bond acceptors (Lipinski definition) is 3. The summed E-state index contributed by atoms with van der Waals surface area (Å²) in [5, 5.41) is 0. The first kappa shape index (κ1) is 24.4. The van der Waals surface area contributed by atoms with Gasteiger partial charge < -0.3 is 0 Å². The summed E-state index contributed by atoms with van der Waals surface area (Å²) in [6.45, 7) is 3.87. The zero-order valence-electron chi connectivity index (χ0n) is 21.0. The molecule has 2 atom stereocenters. The van der Waals surface area contributed by atoms with Gasteiger partial charge in [-0.2, -0.15) is 0 Å². The number of imide groups is 1. The van der Waals surface area contributed by atoms with E-state index in [1.165, 1.54) is 4.90 Å². The third-order valence-corrected chi connectivity index (χ3v) is 7.90. The fraction of sp³-hybridized carbons (Fsp3) is 0.182. The predicted octanol–water partition coefficient (Wildman–Crippen LogP) is 6.36. The average molecular weight is 488 g/mol. The fourth-order valence-electron chi connectivity index (χ4n) is 5.67. The Morgan fingerprint density at radius 1 is 0.730 bits per heavy atom. The van der Waals surface area contributed by atoms with Gasteiger partial charge in [0, 0.05) is 12.0 Å². The van der Waals surface area contributed by atoms with Gasteiger partial charge in [0.2, 0.25) is 11.8 Å². The molecule has 2 amide bonds. The summed E-state index contributed by atoms with van der Waals surface area (Å²) in [5.74, 6) is -0.656. The number of hydrogen-bond donors (Lipinski definition) is 0. The zero-order chi connectivity index (χ0) is 26.0. The van der Waals surface area contributed by atoms with Crippen LogP contribution in [0.5, 0.6) is 0 Å². The van der Waals surface area contributed by atoms with Crippen LogP contribution in [-0.4, -0.2) is 23.0 Å². The second-order valence-electron chi connectivity index (χ2n) is 9.94. The van der Waals surface area contributed by atoms with Crippen LogP contribution in [0, 0.1) is 5.41 Å². The van der Waals surface area contributed by atoms with Crippen molar-refractivity contribution in [3.8, 4) is 0 Å². The maximum atomic E-state index is 14.6. The first-order valence-corrected chi connectivity index (χ1v) is 12.5. The highest BCUT2D eigenvalue weighted by atomic mass is 16.2. The quantitative estimate of drug-likeness (QED) is 0.173. The van der Waals surface area contributed by atoms with Crippen LogP contribution in [0.2, 0.25) is 0 Å². The van der Waals surface area contributed by atoms with Crippen molar-refractivity contribution in [2.24, 2.45) is 5.41 Å². The monoisotopic (exact) mass is 487 g/mol. The molecule has 1 aliphatic rings. The second kappa shape index (κ2) is 9.62. The minimum atomic E-state index is -1.13. The van der Waals surface area contributed by atoms with Gasteiger partial charge in [-0.05, 0) is 35.1 Å². The smallest absolute Gasteiger partial charge is 0.237 e. The van der Waals surface area contributed by atoms with Crippen LogP contribution in [0.4, 0.5) is 0 Å². The van der Waals surface area contributed by atoms with Crippen molar-refractivity contribution in [1.29, 1.82) is 0 Å². The molecule has 4 aromatic rings. The van der Waals surface area contributed by atoms with E-state index in [0.717, 1.165) is 28.5 Å². The van der Waals surface area contributed by atoms with Crippen molar-refractivity contribution >= 4 is 18.1 Å². The van der Waals surface area contributed by atoms with Crippen molar-refractivity contribution in [2.75, 3.05) is 0 Å². The average Bonchev–Trinajstić information content (AvgIpc) is 3.19. The van der Waals surface area contributed by atoms with E-state index in [2.05, 4.69) is 0 Å². The molecule has 1 saturated heterocycles. The Morgan fingerprint density at radius 2 is 1.16 bits per heavy atom. The molecule has 184 valence electrons. The highest BCUT2D eigenvalue weighted by molar-refractivity contribution is 6.08. The van der Waals surface area contributed by atoms with Gasteiger partial charge in [-0.25, -0.2) is 0 Å². The van der Waals surface area contributed by atoms with Gasteiger partial charge >= 0.3 is 0 Å². The number of carbonyl (C=O) groups excluding carboxylic acids is 3. The number of carbonyl (C=O) groups is 3. The summed E-state index contributed by atoms with van der Waals surface area (Å²) in [4.78, 5) is 41.3. The van der Waals surface area contributed by atoms with E-state index in [0.29, 0.717) is 5.56 Å². The maximum absolute atomic E-state index is 14.6. The number of likely N-dealkylation sites (tertiary alicyclic amines) is 1. The molecule has 4 heteroatoms. The van der Waals surface area contributed by atoms with Gasteiger partial charge in [0.1, 0.15) is 11.8 Å². The third-order valence-electron chi connectivity index (χ3n) is 7.90. The maximum Gasteiger partial charge on any atom is 0.237 e. The first-order chi connectivity index (χ1) is 17.9. The molecule has 1 heterocycles. The van der Waals surface area contributed by atoms with Gasteiger partial charge in [-0.3, -0.25) is 19.3 Å². The van der Waals surface area contributed by atoms with Crippen molar-refractivity contribution < 1.29 is 14.4 Å². The van der Waals surface area contributed by atoms with E-state index in [9.17, 15) is 14.4 Å².